The zero-order chi connectivity index (χ0) is 21.0. The van der Waals surface area contributed by atoms with Gasteiger partial charge in [0.1, 0.15) is 0 Å². The summed E-state index contributed by atoms with van der Waals surface area (Å²) < 4.78 is 8.47. The minimum Gasteiger partial charge on any atom is -0.379 e. The van der Waals surface area contributed by atoms with Gasteiger partial charge in [0, 0.05) is 36.2 Å². The average molecular weight is 469 g/mol. The van der Waals surface area contributed by atoms with Crippen LogP contribution in [0.4, 0.5) is 5.69 Å². The molecule has 5 rings (SSSR count). The van der Waals surface area contributed by atoms with Crippen LogP contribution in [-0.4, -0.2) is 46.9 Å². The topological polar surface area (TPSA) is 59.4 Å². The lowest BCUT2D eigenvalue weighted by Crippen LogP contribution is -2.35. The van der Waals surface area contributed by atoms with Crippen molar-refractivity contribution in [2.45, 2.75) is 13.1 Å². The van der Waals surface area contributed by atoms with Gasteiger partial charge in [0.2, 0.25) is 0 Å². The molecule has 0 atom stereocenters. The highest BCUT2D eigenvalue weighted by molar-refractivity contribution is 7.17. The quantitative estimate of drug-likeness (QED) is 0.447. The van der Waals surface area contributed by atoms with E-state index in [0.717, 1.165) is 44.1 Å². The van der Waals surface area contributed by atoms with E-state index < -0.39 is 0 Å². The molecule has 0 bridgehead atoms. The van der Waals surface area contributed by atoms with Gasteiger partial charge in [-0.25, -0.2) is 0 Å². The third-order valence-electron chi connectivity index (χ3n) is 5.49. The molecule has 3 heterocycles. The molecule has 2 aromatic carbocycles. The standard InChI is InChI=1S/C24H24N4O2S.ClH/c29-24(19-13-25-28(16-19)14-18-4-2-1-3-5-18)26-21-6-7-23-22(12-21)20(17-31-23)15-27-8-10-30-11-9-27;/h1-7,12-13,16-17H,8-11,14-15H2,(H,26,29);1H. The number of hydrogen-bond acceptors (Lipinski definition) is 5. The van der Waals surface area contributed by atoms with E-state index in [-0.39, 0.29) is 18.3 Å². The van der Waals surface area contributed by atoms with E-state index in [9.17, 15) is 4.79 Å². The Morgan fingerprint density at radius 1 is 1.09 bits per heavy atom. The van der Waals surface area contributed by atoms with Crippen molar-refractivity contribution in [1.29, 1.82) is 0 Å². The van der Waals surface area contributed by atoms with Gasteiger partial charge in [-0.2, -0.15) is 5.10 Å². The number of carbonyl (C=O) groups excluding carboxylic acids is 1. The SMILES string of the molecule is Cl.O=C(Nc1ccc2scc(CN3CCOCC3)c2c1)c1cnn(Cc2ccccc2)c1. The van der Waals surface area contributed by atoms with E-state index in [2.05, 4.69) is 32.8 Å². The van der Waals surface area contributed by atoms with Gasteiger partial charge in [-0.05, 0) is 40.1 Å². The fraction of sp³-hybridized carbons (Fsp3) is 0.250. The fourth-order valence-electron chi connectivity index (χ4n) is 3.82. The number of fused-ring (bicyclic) bond motifs is 1. The van der Waals surface area contributed by atoms with Crippen LogP contribution in [0.25, 0.3) is 10.1 Å². The number of hydrogen-bond donors (Lipinski definition) is 1. The largest absolute Gasteiger partial charge is 0.379 e. The smallest absolute Gasteiger partial charge is 0.258 e. The molecule has 1 amide bonds. The molecule has 1 N–H and O–H groups in total. The first-order valence-corrected chi connectivity index (χ1v) is 11.3. The number of anilines is 1. The van der Waals surface area contributed by atoms with Crippen LogP contribution >= 0.6 is 23.7 Å². The Bertz CT molecular complexity index is 1190. The normalized spacial score (nSPS) is 14.2. The maximum Gasteiger partial charge on any atom is 0.258 e. The number of halogens is 1. The molecule has 8 heteroatoms. The van der Waals surface area contributed by atoms with Crippen LogP contribution in [0.5, 0.6) is 0 Å². The molecule has 0 saturated carbocycles. The zero-order valence-electron chi connectivity index (χ0n) is 17.6. The molecular weight excluding hydrogens is 444 g/mol. The van der Waals surface area contributed by atoms with Crippen LogP contribution in [0.15, 0.2) is 66.3 Å². The number of nitrogens with zero attached hydrogens (tertiary/aromatic N) is 3. The molecule has 2 aromatic heterocycles. The first-order chi connectivity index (χ1) is 15.2. The monoisotopic (exact) mass is 468 g/mol. The molecular formula is C24H25ClN4O2S. The third-order valence-corrected chi connectivity index (χ3v) is 6.50. The van der Waals surface area contributed by atoms with Crippen molar-refractivity contribution in [3.8, 4) is 0 Å². The van der Waals surface area contributed by atoms with Crippen LogP contribution in [0.3, 0.4) is 0 Å². The summed E-state index contributed by atoms with van der Waals surface area (Å²) in [5.41, 5.74) is 3.80. The summed E-state index contributed by atoms with van der Waals surface area (Å²) in [5.74, 6) is -0.149. The molecule has 0 aliphatic carbocycles. The third kappa shape index (κ3) is 5.19. The molecule has 166 valence electrons. The Labute approximate surface area is 197 Å². The van der Waals surface area contributed by atoms with Crippen molar-refractivity contribution < 1.29 is 9.53 Å². The van der Waals surface area contributed by atoms with Crippen molar-refractivity contribution in [2.24, 2.45) is 0 Å². The highest BCUT2D eigenvalue weighted by Gasteiger charge is 2.15. The summed E-state index contributed by atoms with van der Waals surface area (Å²) in [7, 11) is 0. The second-order valence-electron chi connectivity index (χ2n) is 7.73. The molecule has 0 unspecified atom stereocenters. The Morgan fingerprint density at radius 2 is 1.91 bits per heavy atom. The highest BCUT2D eigenvalue weighted by Crippen LogP contribution is 2.30. The van der Waals surface area contributed by atoms with Gasteiger partial charge in [-0.1, -0.05) is 30.3 Å². The zero-order valence-corrected chi connectivity index (χ0v) is 19.2. The van der Waals surface area contributed by atoms with Crippen LogP contribution in [-0.2, 0) is 17.8 Å². The Kier molecular flexibility index (Phi) is 7.22. The minimum absolute atomic E-state index is 0. The van der Waals surface area contributed by atoms with Gasteiger partial charge in [-0.3, -0.25) is 14.4 Å². The molecule has 6 nitrogen and oxygen atoms in total. The molecule has 4 aromatic rings. The highest BCUT2D eigenvalue weighted by atomic mass is 35.5. The molecule has 1 saturated heterocycles. The summed E-state index contributed by atoms with van der Waals surface area (Å²) in [5, 5.41) is 10.8. The number of aromatic nitrogens is 2. The van der Waals surface area contributed by atoms with E-state index in [1.54, 1.807) is 28.4 Å². The molecule has 1 fully saturated rings. The van der Waals surface area contributed by atoms with Gasteiger partial charge in [0.05, 0.1) is 31.5 Å². The molecule has 1 aliphatic rings. The predicted octanol–water partition coefficient (Wildman–Crippen LogP) is 4.65. The van der Waals surface area contributed by atoms with E-state index in [1.165, 1.54) is 15.6 Å². The maximum absolute atomic E-state index is 12.8. The minimum atomic E-state index is -0.149. The molecule has 0 spiro atoms. The van der Waals surface area contributed by atoms with E-state index in [4.69, 9.17) is 4.74 Å². The first kappa shape index (κ1) is 22.5. The van der Waals surface area contributed by atoms with Gasteiger partial charge < -0.3 is 10.1 Å². The van der Waals surface area contributed by atoms with Crippen molar-refractivity contribution in [2.75, 3.05) is 31.6 Å². The van der Waals surface area contributed by atoms with Crippen LogP contribution in [0, 0.1) is 0 Å². The summed E-state index contributed by atoms with van der Waals surface area (Å²) in [6, 6.07) is 16.2. The second-order valence-corrected chi connectivity index (χ2v) is 8.64. The van der Waals surface area contributed by atoms with Crippen molar-refractivity contribution in [1.82, 2.24) is 14.7 Å². The number of carbonyl (C=O) groups is 1. The number of amides is 1. The van der Waals surface area contributed by atoms with Crippen LogP contribution < -0.4 is 5.32 Å². The molecule has 1 aliphatic heterocycles. The second kappa shape index (κ2) is 10.3. The number of nitrogens with one attached hydrogen (secondary N) is 1. The molecule has 0 radical (unpaired) electrons. The number of ether oxygens (including phenoxy) is 1. The Balaban J connectivity index is 0.00000245. The van der Waals surface area contributed by atoms with Gasteiger partial charge in [-0.15, -0.1) is 23.7 Å². The molecule has 32 heavy (non-hydrogen) atoms. The summed E-state index contributed by atoms with van der Waals surface area (Å²) in [4.78, 5) is 15.2. The van der Waals surface area contributed by atoms with Crippen LogP contribution in [0.2, 0.25) is 0 Å². The number of thiophene rings is 1. The average Bonchev–Trinajstić information content (AvgIpc) is 3.43. The summed E-state index contributed by atoms with van der Waals surface area (Å²) in [6.45, 7) is 5.05. The van der Waals surface area contributed by atoms with Crippen molar-refractivity contribution >= 4 is 45.4 Å². The van der Waals surface area contributed by atoms with E-state index in [1.807, 2.05) is 36.4 Å². The Hall–Kier alpha value is -2.71. The lowest BCUT2D eigenvalue weighted by Gasteiger charge is -2.26. The van der Waals surface area contributed by atoms with Crippen molar-refractivity contribution in [3.63, 3.8) is 0 Å². The number of morpholine rings is 1. The van der Waals surface area contributed by atoms with Crippen molar-refractivity contribution in [3.05, 3.63) is 83.0 Å². The fourth-order valence-corrected chi connectivity index (χ4v) is 4.76. The van der Waals surface area contributed by atoms with Gasteiger partial charge in [0.25, 0.3) is 5.91 Å². The lowest BCUT2D eigenvalue weighted by atomic mass is 10.1. The summed E-state index contributed by atoms with van der Waals surface area (Å²) in [6.07, 6.45) is 3.40. The lowest BCUT2D eigenvalue weighted by molar-refractivity contribution is 0.0344. The van der Waals surface area contributed by atoms with Crippen LogP contribution in [0.1, 0.15) is 21.5 Å². The number of benzene rings is 2. The maximum atomic E-state index is 12.8. The predicted molar refractivity (Wildman–Crippen MR) is 131 cm³/mol. The summed E-state index contributed by atoms with van der Waals surface area (Å²) >= 11 is 1.75. The van der Waals surface area contributed by atoms with E-state index >= 15 is 0 Å². The van der Waals surface area contributed by atoms with Gasteiger partial charge >= 0.3 is 0 Å². The Morgan fingerprint density at radius 3 is 2.72 bits per heavy atom. The first-order valence-electron chi connectivity index (χ1n) is 10.4. The van der Waals surface area contributed by atoms with E-state index in [0.29, 0.717) is 12.1 Å². The van der Waals surface area contributed by atoms with Gasteiger partial charge in [0.15, 0.2) is 0 Å². The number of rotatable bonds is 6.